The van der Waals surface area contributed by atoms with Gasteiger partial charge in [-0.3, -0.25) is 0 Å². The van der Waals surface area contributed by atoms with E-state index in [1.54, 1.807) is 11.3 Å². The summed E-state index contributed by atoms with van der Waals surface area (Å²) in [4.78, 5) is 5.93. The first-order chi connectivity index (χ1) is 10.2. The molecule has 1 aromatic heterocycles. The van der Waals surface area contributed by atoms with Gasteiger partial charge in [-0.25, -0.2) is 4.99 Å². The summed E-state index contributed by atoms with van der Waals surface area (Å²) in [6.45, 7) is 2.26. The monoisotopic (exact) mass is 358 g/mol. The van der Waals surface area contributed by atoms with Gasteiger partial charge in [0, 0.05) is 21.1 Å². The van der Waals surface area contributed by atoms with E-state index in [0.29, 0.717) is 5.92 Å². The SMILES string of the molecule is C[C@@H]1CCc2sc(N=Cc3ccccc3Br)c(C#N)c2C1. The molecular formula is C17H15BrN2S. The van der Waals surface area contributed by atoms with E-state index < -0.39 is 0 Å². The maximum atomic E-state index is 9.47. The van der Waals surface area contributed by atoms with E-state index in [-0.39, 0.29) is 0 Å². The summed E-state index contributed by atoms with van der Waals surface area (Å²) in [6, 6.07) is 10.3. The molecule has 1 aromatic carbocycles. The highest BCUT2D eigenvalue weighted by Crippen LogP contribution is 2.40. The first-order valence-corrected chi connectivity index (χ1v) is 8.63. The van der Waals surface area contributed by atoms with Gasteiger partial charge >= 0.3 is 0 Å². The number of hydrogen-bond donors (Lipinski definition) is 0. The quantitative estimate of drug-likeness (QED) is 0.674. The smallest absolute Gasteiger partial charge is 0.134 e. The summed E-state index contributed by atoms with van der Waals surface area (Å²) < 4.78 is 1.02. The fraction of sp³-hybridized carbons (Fsp3) is 0.294. The van der Waals surface area contributed by atoms with Crippen molar-refractivity contribution in [3.05, 3.63) is 50.3 Å². The van der Waals surface area contributed by atoms with Crippen LogP contribution in [0.5, 0.6) is 0 Å². The number of benzene rings is 1. The normalized spacial score (nSPS) is 17.7. The van der Waals surface area contributed by atoms with Gasteiger partial charge < -0.3 is 0 Å². The first kappa shape index (κ1) is 14.5. The Labute approximate surface area is 137 Å². The van der Waals surface area contributed by atoms with E-state index in [9.17, 15) is 5.26 Å². The molecular weight excluding hydrogens is 344 g/mol. The molecule has 1 aliphatic carbocycles. The van der Waals surface area contributed by atoms with Crippen LogP contribution in [0.4, 0.5) is 5.00 Å². The zero-order valence-corrected chi connectivity index (χ0v) is 14.2. The van der Waals surface area contributed by atoms with E-state index in [1.807, 2.05) is 30.5 Å². The Bertz CT molecular complexity index is 740. The van der Waals surface area contributed by atoms with Crippen molar-refractivity contribution in [1.29, 1.82) is 5.26 Å². The number of hydrogen-bond acceptors (Lipinski definition) is 3. The summed E-state index contributed by atoms with van der Waals surface area (Å²) in [5.41, 5.74) is 3.05. The lowest BCUT2D eigenvalue weighted by molar-refractivity contribution is 0.506. The minimum Gasteiger partial charge on any atom is -0.244 e. The summed E-state index contributed by atoms with van der Waals surface area (Å²) in [5.74, 6) is 0.666. The Morgan fingerprint density at radius 3 is 3.00 bits per heavy atom. The molecule has 3 rings (SSSR count). The van der Waals surface area contributed by atoms with Gasteiger partial charge in [0.2, 0.25) is 0 Å². The van der Waals surface area contributed by atoms with Gasteiger partial charge in [-0.2, -0.15) is 5.26 Å². The molecule has 1 aliphatic rings. The molecule has 0 amide bonds. The van der Waals surface area contributed by atoms with E-state index in [1.165, 1.54) is 16.9 Å². The minimum atomic E-state index is 0.666. The molecule has 0 unspecified atom stereocenters. The molecule has 0 N–H and O–H groups in total. The molecule has 0 bridgehead atoms. The molecule has 2 nitrogen and oxygen atoms in total. The molecule has 4 heteroatoms. The predicted molar refractivity (Wildman–Crippen MR) is 91.6 cm³/mol. The fourth-order valence-corrected chi connectivity index (χ4v) is 4.18. The van der Waals surface area contributed by atoms with Crippen LogP contribution in [-0.4, -0.2) is 6.21 Å². The van der Waals surface area contributed by atoms with Crippen LogP contribution >= 0.6 is 27.3 Å². The minimum absolute atomic E-state index is 0.666. The standard InChI is InChI=1S/C17H15BrN2S/c1-11-6-7-16-13(8-11)14(9-19)17(21-16)20-10-12-4-2-3-5-15(12)18/h2-5,10-11H,6-8H2,1H3/t11-/m1/s1. The van der Waals surface area contributed by atoms with Gasteiger partial charge in [-0.1, -0.05) is 41.1 Å². The van der Waals surface area contributed by atoms with E-state index in [4.69, 9.17) is 0 Å². The van der Waals surface area contributed by atoms with Crippen molar-refractivity contribution in [2.75, 3.05) is 0 Å². The van der Waals surface area contributed by atoms with Gasteiger partial charge in [-0.15, -0.1) is 11.3 Å². The van der Waals surface area contributed by atoms with Crippen LogP contribution in [0, 0.1) is 17.2 Å². The van der Waals surface area contributed by atoms with Crippen LogP contribution in [0.2, 0.25) is 0 Å². The third-order valence-electron chi connectivity index (χ3n) is 3.83. The van der Waals surface area contributed by atoms with Crippen molar-refractivity contribution >= 4 is 38.5 Å². The molecule has 0 saturated heterocycles. The van der Waals surface area contributed by atoms with E-state index >= 15 is 0 Å². The summed E-state index contributed by atoms with van der Waals surface area (Å²) in [5, 5.41) is 10.3. The lowest BCUT2D eigenvalue weighted by atomic mass is 9.88. The summed E-state index contributed by atoms with van der Waals surface area (Å²) >= 11 is 5.20. The number of aryl methyl sites for hydroxylation is 1. The van der Waals surface area contributed by atoms with E-state index in [2.05, 4.69) is 33.9 Å². The highest BCUT2D eigenvalue weighted by molar-refractivity contribution is 9.10. The third-order valence-corrected chi connectivity index (χ3v) is 5.75. The Morgan fingerprint density at radius 1 is 1.43 bits per heavy atom. The molecule has 0 spiro atoms. The number of nitrogens with zero attached hydrogens (tertiary/aromatic N) is 2. The van der Waals surface area contributed by atoms with Crippen molar-refractivity contribution in [3.8, 4) is 6.07 Å². The predicted octanol–water partition coefficient (Wildman–Crippen LogP) is 5.26. The van der Waals surface area contributed by atoms with Crippen molar-refractivity contribution in [2.24, 2.45) is 10.9 Å². The number of rotatable bonds is 2. The van der Waals surface area contributed by atoms with Crippen molar-refractivity contribution in [3.63, 3.8) is 0 Å². The largest absolute Gasteiger partial charge is 0.244 e. The third kappa shape index (κ3) is 2.95. The van der Waals surface area contributed by atoms with Crippen molar-refractivity contribution < 1.29 is 0 Å². The zero-order valence-electron chi connectivity index (χ0n) is 11.8. The maximum Gasteiger partial charge on any atom is 0.134 e. The topological polar surface area (TPSA) is 36.1 Å². The number of thiophene rings is 1. The van der Waals surface area contributed by atoms with Crippen molar-refractivity contribution in [1.82, 2.24) is 0 Å². The van der Waals surface area contributed by atoms with Crippen LogP contribution in [0.1, 0.15) is 34.9 Å². The van der Waals surface area contributed by atoms with Crippen LogP contribution in [-0.2, 0) is 12.8 Å². The second-order valence-corrected chi connectivity index (χ2v) is 7.36. The van der Waals surface area contributed by atoms with Gasteiger partial charge in [0.1, 0.15) is 11.1 Å². The number of nitriles is 1. The second-order valence-electron chi connectivity index (χ2n) is 5.42. The Balaban J connectivity index is 1.97. The fourth-order valence-electron chi connectivity index (χ4n) is 2.66. The lowest BCUT2D eigenvalue weighted by Gasteiger charge is -2.17. The maximum absolute atomic E-state index is 9.47. The molecule has 0 aliphatic heterocycles. The summed E-state index contributed by atoms with van der Waals surface area (Å²) in [6.07, 6.45) is 5.15. The average molecular weight is 359 g/mol. The van der Waals surface area contributed by atoms with Gasteiger partial charge in [0.15, 0.2) is 0 Å². The molecule has 2 aromatic rings. The second kappa shape index (κ2) is 6.13. The molecule has 1 atom stereocenters. The van der Waals surface area contributed by atoms with Gasteiger partial charge in [-0.05, 0) is 36.8 Å². The molecule has 21 heavy (non-hydrogen) atoms. The Morgan fingerprint density at radius 2 is 2.24 bits per heavy atom. The van der Waals surface area contributed by atoms with Crippen molar-refractivity contribution in [2.45, 2.75) is 26.2 Å². The van der Waals surface area contributed by atoms with Crippen LogP contribution < -0.4 is 0 Å². The Hall–Kier alpha value is -1.44. The zero-order chi connectivity index (χ0) is 14.8. The molecule has 1 heterocycles. The van der Waals surface area contributed by atoms with Gasteiger partial charge in [0.25, 0.3) is 0 Å². The first-order valence-electron chi connectivity index (χ1n) is 7.02. The number of fused-ring (bicyclic) bond motifs is 1. The van der Waals surface area contributed by atoms with E-state index in [0.717, 1.165) is 33.4 Å². The molecule has 0 radical (unpaired) electrons. The molecule has 0 saturated carbocycles. The number of halogens is 1. The highest BCUT2D eigenvalue weighted by atomic mass is 79.9. The molecule has 106 valence electrons. The highest BCUT2D eigenvalue weighted by Gasteiger charge is 2.23. The Kier molecular flexibility index (Phi) is 4.23. The van der Waals surface area contributed by atoms with Gasteiger partial charge in [0.05, 0.1) is 5.56 Å². The van der Waals surface area contributed by atoms with Crippen LogP contribution in [0.3, 0.4) is 0 Å². The average Bonchev–Trinajstić information content (AvgIpc) is 2.83. The molecule has 0 fully saturated rings. The lowest BCUT2D eigenvalue weighted by Crippen LogP contribution is -2.09. The van der Waals surface area contributed by atoms with Crippen LogP contribution in [0.15, 0.2) is 33.7 Å². The summed E-state index contributed by atoms with van der Waals surface area (Å²) in [7, 11) is 0. The van der Waals surface area contributed by atoms with Crippen LogP contribution in [0.25, 0.3) is 0 Å². The number of aliphatic imine (C=N–C) groups is 1.